The molecule has 17 heavy (non-hydrogen) atoms. The number of aliphatic carboxylic acids is 1. The highest BCUT2D eigenvalue weighted by atomic mass is 16.4. The Morgan fingerprint density at radius 1 is 1.29 bits per heavy atom. The molecule has 2 N–H and O–H groups in total. The minimum absolute atomic E-state index is 0.0798. The summed E-state index contributed by atoms with van der Waals surface area (Å²) in [7, 11) is 0. The van der Waals surface area contributed by atoms with E-state index in [-0.39, 0.29) is 11.9 Å². The van der Waals surface area contributed by atoms with Crippen molar-refractivity contribution in [3.63, 3.8) is 0 Å². The zero-order valence-corrected chi connectivity index (χ0v) is 10.8. The molecule has 98 valence electrons. The van der Waals surface area contributed by atoms with Crippen LogP contribution in [0.3, 0.4) is 0 Å². The summed E-state index contributed by atoms with van der Waals surface area (Å²) in [6.07, 6.45) is 6.59. The van der Waals surface area contributed by atoms with Gasteiger partial charge < -0.3 is 10.4 Å². The molecular weight excluding hydrogens is 218 g/mol. The Bertz CT molecular complexity index is 284. The van der Waals surface area contributed by atoms with Gasteiger partial charge in [0.05, 0.1) is 0 Å². The van der Waals surface area contributed by atoms with Crippen LogP contribution in [0.2, 0.25) is 0 Å². The Labute approximate surface area is 103 Å². The van der Waals surface area contributed by atoms with Crippen molar-refractivity contribution in [1.29, 1.82) is 0 Å². The molecule has 0 aromatic heterocycles. The van der Waals surface area contributed by atoms with E-state index < -0.39 is 11.4 Å². The molecule has 1 amide bonds. The van der Waals surface area contributed by atoms with Crippen LogP contribution in [0.25, 0.3) is 0 Å². The molecule has 0 aromatic carbocycles. The van der Waals surface area contributed by atoms with Gasteiger partial charge in [-0.15, -0.1) is 0 Å². The first-order valence-electron chi connectivity index (χ1n) is 6.57. The maximum Gasteiger partial charge on any atom is 0.319 e. The van der Waals surface area contributed by atoms with Crippen molar-refractivity contribution < 1.29 is 14.7 Å². The number of hydrogen-bond acceptors (Lipinski definition) is 2. The van der Waals surface area contributed by atoms with Crippen molar-refractivity contribution in [2.75, 3.05) is 0 Å². The van der Waals surface area contributed by atoms with E-state index in [1.807, 2.05) is 6.92 Å². The van der Waals surface area contributed by atoms with Gasteiger partial charge in [0.25, 0.3) is 0 Å². The number of carbonyl (C=O) groups excluding carboxylic acids is 1. The molecule has 0 heterocycles. The normalized spacial score (nSPS) is 18.5. The standard InChI is InChI=1S/C13H23NO3/c1-3-4-5-6-7-10(2)14-11(15)13(8-9-13)12(16)17/h10H,3-9H2,1-2H3,(H,14,15)(H,16,17). The number of unbranched alkanes of at least 4 members (excludes halogenated alkanes) is 3. The predicted molar refractivity (Wildman–Crippen MR) is 65.7 cm³/mol. The van der Waals surface area contributed by atoms with E-state index in [0.29, 0.717) is 12.8 Å². The summed E-state index contributed by atoms with van der Waals surface area (Å²) >= 11 is 0. The lowest BCUT2D eigenvalue weighted by Crippen LogP contribution is -2.41. The monoisotopic (exact) mass is 241 g/mol. The van der Waals surface area contributed by atoms with E-state index >= 15 is 0 Å². The summed E-state index contributed by atoms with van der Waals surface area (Å²) < 4.78 is 0. The number of hydrogen-bond donors (Lipinski definition) is 2. The van der Waals surface area contributed by atoms with Crippen LogP contribution in [0.15, 0.2) is 0 Å². The first-order chi connectivity index (χ1) is 8.03. The van der Waals surface area contributed by atoms with Gasteiger partial charge in [-0.3, -0.25) is 9.59 Å². The second kappa shape index (κ2) is 6.03. The second-order valence-electron chi connectivity index (χ2n) is 5.11. The summed E-state index contributed by atoms with van der Waals surface area (Å²) in [5.41, 5.74) is -1.10. The van der Waals surface area contributed by atoms with Crippen LogP contribution >= 0.6 is 0 Å². The average Bonchev–Trinajstić information content (AvgIpc) is 3.05. The Hall–Kier alpha value is -1.06. The molecule has 1 aliphatic rings. The average molecular weight is 241 g/mol. The van der Waals surface area contributed by atoms with Crippen LogP contribution in [-0.2, 0) is 9.59 Å². The summed E-state index contributed by atoms with van der Waals surface area (Å²) in [6, 6.07) is 0.0798. The molecule has 1 fully saturated rings. The smallest absolute Gasteiger partial charge is 0.319 e. The van der Waals surface area contributed by atoms with Crippen molar-refractivity contribution in [3.8, 4) is 0 Å². The van der Waals surface area contributed by atoms with Crippen molar-refractivity contribution in [2.24, 2.45) is 5.41 Å². The Balaban J connectivity index is 2.24. The van der Waals surface area contributed by atoms with Crippen molar-refractivity contribution in [2.45, 2.75) is 64.8 Å². The van der Waals surface area contributed by atoms with Crippen molar-refractivity contribution >= 4 is 11.9 Å². The number of nitrogens with one attached hydrogen (secondary N) is 1. The molecule has 1 rings (SSSR count). The van der Waals surface area contributed by atoms with E-state index in [9.17, 15) is 9.59 Å². The first-order valence-corrected chi connectivity index (χ1v) is 6.57. The highest BCUT2D eigenvalue weighted by Crippen LogP contribution is 2.46. The predicted octanol–water partition coefficient (Wildman–Crippen LogP) is 2.33. The van der Waals surface area contributed by atoms with Gasteiger partial charge in [0.1, 0.15) is 5.41 Å². The Kier molecular flexibility index (Phi) is 4.97. The summed E-state index contributed by atoms with van der Waals surface area (Å²) in [4.78, 5) is 22.7. The summed E-state index contributed by atoms with van der Waals surface area (Å²) in [5.74, 6) is -1.28. The van der Waals surface area contributed by atoms with E-state index in [2.05, 4.69) is 12.2 Å². The number of rotatable bonds is 8. The highest BCUT2D eigenvalue weighted by Gasteiger charge is 2.57. The van der Waals surface area contributed by atoms with Crippen LogP contribution in [0.4, 0.5) is 0 Å². The molecule has 1 aliphatic carbocycles. The number of carboxylic acids is 1. The summed E-state index contributed by atoms with van der Waals surface area (Å²) in [5, 5.41) is 11.8. The van der Waals surface area contributed by atoms with Gasteiger partial charge in [0, 0.05) is 6.04 Å². The maximum atomic E-state index is 11.8. The van der Waals surface area contributed by atoms with E-state index in [1.54, 1.807) is 0 Å². The fourth-order valence-corrected chi connectivity index (χ4v) is 1.97. The number of carboxylic acid groups (broad SMARTS) is 1. The Morgan fingerprint density at radius 2 is 1.94 bits per heavy atom. The zero-order chi connectivity index (χ0) is 12.9. The summed E-state index contributed by atoms with van der Waals surface area (Å²) in [6.45, 7) is 4.11. The van der Waals surface area contributed by atoms with Gasteiger partial charge in [-0.05, 0) is 26.2 Å². The lowest BCUT2D eigenvalue weighted by Gasteiger charge is -2.16. The van der Waals surface area contributed by atoms with Crippen LogP contribution in [0, 0.1) is 5.41 Å². The van der Waals surface area contributed by atoms with Gasteiger partial charge in [0.15, 0.2) is 0 Å². The molecule has 1 atom stereocenters. The van der Waals surface area contributed by atoms with E-state index in [1.165, 1.54) is 19.3 Å². The quantitative estimate of drug-likeness (QED) is 0.506. The molecule has 0 spiro atoms. The fraction of sp³-hybridized carbons (Fsp3) is 0.846. The van der Waals surface area contributed by atoms with Crippen LogP contribution < -0.4 is 5.32 Å². The van der Waals surface area contributed by atoms with Crippen molar-refractivity contribution in [3.05, 3.63) is 0 Å². The molecule has 4 heteroatoms. The fourth-order valence-electron chi connectivity index (χ4n) is 1.97. The number of carbonyl (C=O) groups is 2. The van der Waals surface area contributed by atoms with Crippen LogP contribution in [0.1, 0.15) is 58.8 Å². The van der Waals surface area contributed by atoms with Gasteiger partial charge >= 0.3 is 5.97 Å². The maximum absolute atomic E-state index is 11.8. The van der Waals surface area contributed by atoms with E-state index in [0.717, 1.165) is 12.8 Å². The van der Waals surface area contributed by atoms with Gasteiger partial charge in [-0.1, -0.05) is 32.6 Å². The lowest BCUT2D eigenvalue weighted by atomic mass is 10.0. The van der Waals surface area contributed by atoms with E-state index in [4.69, 9.17) is 5.11 Å². The highest BCUT2D eigenvalue weighted by molar-refractivity contribution is 6.04. The molecule has 1 unspecified atom stereocenters. The van der Waals surface area contributed by atoms with Gasteiger partial charge in [0.2, 0.25) is 5.91 Å². The largest absolute Gasteiger partial charge is 0.480 e. The topological polar surface area (TPSA) is 66.4 Å². The van der Waals surface area contributed by atoms with Crippen LogP contribution in [0.5, 0.6) is 0 Å². The number of amides is 1. The van der Waals surface area contributed by atoms with Gasteiger partial charge in [-0.25, -0.2) is 0 Å². The molecule has 4 nitrogen and oxygen atoms in total. The minimum atomic E-state index is -1.10. The third-order valence-corrected chi connectivity index (χ3v) is 3.46. The molecule has 0 aromatic rings. The molecule has 0 radical (unpaired) electrons. The van der Waals surface area contributed by atoms with Crippen LogP contribution in [-0.4, -0.2) is 23.0 Å². The third-order valence-electron chi connectivity index (χ3n) is 3.46. The van der Waals surface area contributed by atoms with Crippen molar-refractivity contribution in [1.82, 2.24) is 5.32 Å². The third kappa shape index (κ3) is 3.72. The second-order valence-corrected chi connectivity index (χ2v) is 5.11. The minimum Gasteiger partial charge on any atom is -0.480 e. The molecular formula is C13H23NO3. The Morgan fingerprint density at radius 3 is 2.41 bits per heavy atom. The lowest BCUT2D eigenvalue weighted by molar-refractivity contribution is -0.149. The SMILES string of the molecule is CCCCCCC(C)NC(=O)C1(C(=O)O)CC1. The molecule has 0 saturated heterocycles. The zero-order valence-electron chi connectivity index (χ0n) is 10.8. The molecule has 0 bridgehead atoms. The first kappa shape index (κ1) is 14.0. The van der Waals surface area contributed by atoms with Gasteiger partial charge in [-0.2, -0.15) is 0 Å². The molecule has 0 aliphatic heterocycles. The molecule has 1 saturated carbocycles.